The van der Waals surface area contributed by atoms with E-state index in [0.717, 1.165) is 10.0 Å². The Kier molecular flexibility index (Phi) is 4.59. The van der Waals surface area contributed by atoms with Crippen LogP contribution < -0.4 is 10.5 Å². The fourth-order valence-electron chi connectivity index (χ4n) is 1.74. The van der Waals surface area contributed by atoms with E-state index in [1.807, 2.05) is 24.3 Å². The second-order valence-corrected chi connectivity index (χ2v) is 6.89. The first-order chi connectivity index (χ1) is 9.44. The molecule has 20 heavy (non-hydrogen) atoms. The van der Waals surface area contributed by atoms with Gasteiger partial charge >= 0.3 is 0 Å². The molecule has 1 heterocycles. The maximum Gasteiger partial charge on any atom is 0.260 e. The van der Waals surface area contributed by atoms with Crippen LogP contribution in [0.2, 0.25) is 0 Å². The Morgan fingerprint density at radius 3 is 2.60 bits per heavy atom. The third-order valence-corrected chi connectivity index (χ3v) is 4.77. The molecule has 1 aromatic heterocycles. The molecule has 0 saturated heterocycles. The second kappa shape index (κ2) is 6.04. The van der Waals surface area contributed by atoms with E-state index in [0.29, 0.717) is 11.3 Å². The topological polar surface area (TPSA) is 101 Å². The molecular weight excluding hydrogens is 344 g/mol. The van der Waals surface area contributed by atoms with Crippen LogP contribution in [-0.2, 0) is 23.1 Å². The van der Waals surface area contributed by atoms with Gasteiger partial charge in [0.2, 0.25) is 0 Å². The number of rotatable bonds is 5. The molecule has 0 atom stereocenters. The second-order valence-electron chi connectivity index (χ2n) is 4.29. The summed E-state index contributed by atoms with van der Waals surface area (Å²) in [5.41, 5.74) is 7.59. The van der Waals surface area contributed by atoms with Crippen LogP contribution in [0.5, 0.6) is 0 Å². The van der Waals surface area contributed by atoms with E-state index in [-0.39, 0.29) is 18.1 Å². The Bertz CT molecular complexity index is 695. The zero-order chi connectivity index (χ0) is 14.8. The van der Waals surface area contributed by atoms with Gasteiger partial charge in [0, 0.05) is 28.8 Å². The van der Waals surface area contributed by atoms with Crippen molar-refractivity contribution in [2.75, 3.05) is 0 Å². The SMILES string of the molecule is Cc1[nH]nc(S(=O)(=O)NCc2ccc(Br)cc2)c1CN. The van der Waals surface area contributed by atoms with Crippen LogP contribution in [0.3, 0.4) is 0 Å². The first kappa shape index (κ1) is 15.2. The number of nitrogens with zero attached hydrogens (tertiary/aromatic N) is 1. The summed E-state index contributed by atoms with van der Waals surface area (Å²) in [5, 5.41) is 6.43. The van der Waals surface area contributed by atoms with E-state index in [4.69, 9.17) is 5.73 Å². The predicted octanol–water partition coefficient (Wildman–Crippen LogP) is 1.42. The lowest BCUT2D eigenvalue weighted by Crippen LogP contribution is -2.25. The highest BCUT2D eigenvalue weighted by Gasteiger charge is 2.22. The summed E-state index contributed by atoms with van der Waals surface area (Å²) in [5.74, 6) is 0. The van der Waals surface area contributed by atoms with Crippen molar-refractivity contribution in [3.05, 3.63) is 45.6 Å². The van der Waals surface area contributed by atoms with Crippen LogP contribution >= 0.6 is 15.9 Å². The summed E-state index contributed by atoms with van der Waals surface area (Å²) in [4.78, 5) is 0. The number of halogens is 1. The van der Waals surface area contributed by atoms with E-state index in [1.54, 1.807) is 6.92 Å². The maximum atomic E-state index is 12.2. The molecule has 0 unspecified atom stereocenters. The molecule has 6 nitrogen and oxygen atoms in total. The molecule has 1 aromatic carbocycles. The summed E-state index contributed by atoms with van der Waals surface area (Å²) in [6.45, 7) is 2.06. The number of nitrogens with one attached hydrogen (secondary N) is 2. The fraction of sp³-hybridized carbons (Fsp3) is 0.250. The fourth-order valence-corrected chi connectivity index (χ4v) is 3.23. The van der Waals surface area contributed by atoms with Crippen molar-refractivity contribution in [1.82, 2.24) is 14.9 Å². The molecule has 108 valence electrons. The van der Waals surface area contributed by atoms with Crippen LogP contribution in [0.15, 0.2) is 33.8 Å². The van der Waals surface area contributed by atoms with Crippen molar-refractivity contribution in [2.24, 2.45) is 5.73 Å². The van der Waals surface area contributed by atoms with Crippen molar-refractivity contribution in [2.45, 2.75) is 25.0 Å². The summed E-state index contributed by atoms with van der Waals surface area (Å²) in [6, 6.07) is 7.39. The van der Waals surface area contributed by atoms with Gasteiger partial charge in [-0.15, -0.1) is 0 Å². The molecule has 0 radical (unpaired) electrons. The number of aromatic amines is 1. The number of hydrogen-bond acceptors (Lipinski definition) is 4. The van der Waals surface area contributed by atoms with Gasteiger partial charge in [-0.3, -0.25) is 5.10 Å². The number of sulfonamides is 1. The number of aromatic nitrogens is 2. The number of benzene rings is 1. The summed E-state index contributed by atoms with van der Waals surface area (Å²) < 4.78 is 27.9. The van der Waals surface area contributed by atoms with E-state index in [1.165, 1.54) is 0 Å². The summed E-state index contributed by atoms with van der Waals surface area (Å²) in [7, 11) is -3.67. The molecule has 0 aliphatic carbocycles. The maximum absolute atomic E-state index is 12.2. The third-order valence-electron chi connectivity index (χ3n) is 2.87. The largest absolute Gasteiger partial charge is 0.326 e. The van der Waals surface area contributed by atoms with E-state index >= 15 is 0 Å². The average Bonchev–Trinajstić information content (AvgIpc) is 2.80. The van der Waals surface area contributed by atoms with Gasteiger partial charge in [-0.05, 0) is 24.6 Å². The van der Waals surface area contributed by atoms with Crippen LogP contribution in [0.4, 0.5) is 0 Å². The van der Waals surface area contributed by atoms with Crippen molar-refractivity contribution in [3.8, 4) is 0 Å². The molecule has 2 rings (SSSR count). The van der Waals surface area contributed by atoms with Crippen LogP contribution in [0.1, 0.15) is 16.8 Å². The number of H-pyrrole nitrogens is 1. The number of nitrogens with two attached hydrogens (primary N) is 1. The van der Waals surface area contributed by atoms with Crippen LogP contribution in [0.25, 0.3) is 0 Å². The predicted molar refractivity (Wildman–Crippen MR) is 79.4 cm³/mol. The lowest BCUT2D eigenvalue weighted by atomic mass is 10.2. The molecule has 0 aliphatic heterocycles. The molecule has 0 bridgehead atoms. The minimum atomic E-state index is -3.67. The molecular formula is C12H15BrN4O2S. The smallest absolute Gasteiger partial charge is 0.260 e. The van der Waals surface area contributed by atoms with Crippen molar-refractivity contribution >= 4 is 26.0 Å². The molecule has 0 amide bonds. The zero-order valence-electron chi connectivity index (χ0n) is 10.9. The first-order valence-corrected chi connectivity index (χ1v) is 8.19. The van der Waals surface area contributed by atoms with Gasteiger partial charge in [-0.2, -0.15) is 5.10 Å². The van der Waals surface area contributed by atoms with Gasteiger partial charge in [0.1, 0.15) is 0 Å². The lowest BCUT2D eigenvalue weighted by molar-refractivity contribution is 0.575. The molecule has 2 aromatic rings. The van der Waals surface area contributed by atoms with Gasteiger partial charge in [0.05, 0.1) is 0 Å². The monoisotopic (exact) mass is 358 g/mol. The van der Waals surface area contributed by atoms with E-state index in [9.17, 15) is 8.42 Å². The molecule has 0 saturated carbocycles. The van der Waals surface area contributed by atoms with Crippen molar-refractivity contribution in [3.63, 3.8) is 0 Å². The quantitative estimate of drug-likeness (QED) is 0.752. The highest BCUT2D eigenvalue weighted by atomic mass is 79.9. The lowest BCUT2D eigenvalue weighted by Gasteiger charge is -2.06. The highest BCUT2D eigenvalue weighted by molar-refractivity contribution is 9.10. The molecule has 0 spiro atoms. The Balaban J connectivity index is 2.17. The summed E-state index contributed by atoms with van der Waals surface area (Å²) in [6.07, 6.45) is 0. The number of hydrogen-bond donors (Lipinski definition) is 3. The summed E-state index contributed by atoms with van der Waals surface area (Å²) >= 11 is 3.33. The molecule has 8 heteroatoms. The molecule has 0 fully saturated rings. The normalized spacial score (nSPS) is 11.8. The van der Waals surface area contributed by atoms with E-state index in [2.05, 4.69) is 30.8 Å². The van der Waals surface area contributed by atoms with Gasteiger partial charge in [-0.25, -0.2) is 13.1 Å². The van der Waals surface area contributed by atoms with Gasteiger partial charge in [-0.1, -0.05) is 28.1 Å². The number of aryl methyl sites for hydroxylation is 1. The highest BCUT2D eigenvalue weighted by Crippen LogP contribution is 2.16. The molecule has 4 N–H and O–H groups in total. The van der Waals surface area contributed by atoms with Gasteiger partial charge in [0.25, 0.3) is 10.0 Å². The van der Waals surface area contributed by atoms with Crippen LogP contribution in [-0.4, -0.2) is 18.6 Å². The minimum absolute atomic E-state index is 0.0328. The Morgan fingerprint density at radius 1 is 1.35 bits per heavy atom. The standard InChI is InChI=1S/C12H15BrN4O2S/c1-8-11(6-14)12(17-16-8)20(18,19)15-7-9-2-4-10(13)5-3-9/h2-5,15H,6-7,14H2,1H3,(H,16,17). The Morgan fingerprint density at radius 2 is 2.00 bits per heavy atom. The van der Waals surface area contributed by atoms with Crippen molar-refractivity contribution in [1.29, 1.82) is 0 Å². The van der Waals surface area contributed by atoms with Crippen molar-refractivity contribution < 1.29 is 8.42 Å². The Labute approximate surface area is 125 Å². The third kappa shape index (κ3) is 3.26. The van der Waals surface area contributed by atoms with E-state index < -0.39 is 10.0 Å². The Hall–Kier alpha value is -1.22. The van der Waals surface area contributed by atoms with Crippen LogP contribution in [0, 0.1) is 6.92 Å². The average molecular weight is 359 g/mol. The van der Waals surface area contributed by atoms with Gasteiger partial charge in [0.15, 0.2) is 5.03 Å². The first-order valence-electron chi connectivity index (χ1n) is 5.92. The molecule has 0 aliphatic rings. The van der Waals surface area contributed by atoms with Gasteiger partial charge < -0.3 is 5.73 Å². The minimum Gasteiger partial charge on any atom is -0.326 e. The zero-order valence-corrected chi connectivity index (χ0v) is 13.3.